The molecule has 0 radical (unpaired) electrons. The van der Waals surface area contributed by atoms with Crippen LogP contribution in [-0.4, -0.2) is 59.2 Å². The Morgan fingerprint density at radius 3 is 2.55 bits per heavy atom. The number of methoxy groups -OCH3 is 1. The Morgan fingerprint density at radius 1 is 1.35 bits per heavy atom. The molecular formula is C13H29N3O3S. The van der Waals surface area contributed by atoms with E-state index in [1.54, 1.807) is 11.4 Å². The fourth-order valence-electron chi connectivity index (χ4n) is 2.38. The van der Waals surface area contributed by atoms with Gasteiger partial charge >= 0.3 is 0 Å². The van der Waals surface area contributed by atoms with Gasteiger partial charge in [-0.05, 0) is 37.8 Å². The van der Waals surface area contributed by atoms with E-state index in [0.717, 1.165) is 25.9 Å². The van der Waals surface area contributed by atoms with Crippen LogP contribution in [0.3, 0.4) is 0 Å². The van der Waals surface area contributed by atoms with Crippen LogP contribution in [0.2, 0.25) is 0 Å². The monoisotopic (exact) mass is 307 g/mol. The zero-order valence-electron chi connectivity index (χ0n) is 12.9. The molecule has 6 nitrogen and oxygen atoms in total. The van der Waals surface area contributed by atoms with Gasteiger partial charge in [-0.1, -0.05) is 13.8 Å². The molecule has 0 spiro atoms. The van der Waals surface area contributed by atoms with Gasteiger partial charge in [-0.3, -0.25) is 0 Å². The Balaban J connectivity index is 2.35. The Morgan fingerprint density at radius 2 is 2.00 bits per heavy atom. The lowest BCUT2D eigenvalue weighted by Crippen LogP contribution is -2.47. The highest BCUT2D eigenvalue weighted by atomic mass is 32.2. The van der Waals surface area contributed by atoms with E-state index in [1.807, 2.05) is 6.92 Å². The van der Waals surface area contributed by atoms with Gasteiger partial charge < -0.3 is 10.1 Å². The molecule has 0 saturated carbocycles. The van der Waals surface area contributed by atoms with Crippen molar-refractivity contribution in [1.29, 1.82) is 0 Å². The summed E-state index contributed by atoms with van der Waals surface area (Å²) in [5, 5.41) is 3.33. The first-order chi connectivity index (χ1) is 9.49. The first kappa shape index (κ1) is 17.8. The van der Waals surface area contributed by atoms with E-state index in [2.05, 4.69) is 17.0 Å². The highest BCUT2D eigenvalue weighted by molar-refractivity contribution is 7.87. The largest absolute Gasteiger partial charge is 0.384 e. The second-order valence-corrected chi connectivity index (χ2v) is 7.32. The van der Waals surface area contributed by atoms with Crippen molar-refractivity contribution in [3.8, 4) is 0 Å². The van der Waals surface area contributed by atoms with Gasteiger partial charge in [0.05, 0.1) is 0 Å². The van der Waals surface area contributed by atoms with Crippen LogP contribution >= 0.6 is 0 Å². The minimum atomic E-state index is -3.33. The molecule has 0 aromatic carbocycles. The molecule has 0 bridgehead atoms. The highest BCUT2D eigenvalue weighted by Crippen LogP contribution is 2.18. The van der Waals surface area contributed by atoms with Gasteiger partial charge in [0.25, 0.3) is 10.2 Å². The third-order valence-corrected chi connectivity index (χ3v) is 5.24. The van der Waals surface area contributed by atoms with E-state index in [9.17, 15) is 8.42 Å². The molecule has 1 fully saturated rings. The Kier molecular flexibility index (Phi) is 7.98. The second-order valence-electron chi connectivity index (χ2n) is 5.56. The fraction of sp³-hybridized carbons (Fsp3) is 1.00. The van der Waals surface area contributed by atoms with Crippen molar-refractivity contribution in [2.24, 2.45) is 11.8 Å². The highest BCUT2D eigenvalue weighted by Gasteiger charge is 2.27. The molecule has 7 heteroatoms. The van der Waals surface area contributed by atoms with Gasteiger partial charge in [0.1, 0.15) is 0 Å². The van der Waals surface area contributed by atoms with Crippen LogP contribution in [0.25, 0.3) is 0 Å². The summed E-state index contributed by atoms with van der Waals surface area (Å²) >= 11 is 0. The van der Waals surface area contributed by atoms with Crippen molar-refractivity contribution in [2.75, 3.05) is 46.4 Å². The summed E-state index contributed by atoms with van der Waals surface area (Å²) in [6.07, 6.45) is 1.86. The maximum atomic E-state index is 12.2. The maximum absolute atomic E-state index is 12.2. The summed E-state index contributed by atoms with van der Waals surface area (Å²) in [7, 11) is -1.71. The molecule has 1 saturated heterocycles. The molecular weight excluding hydrogens is 278 g/mol. The molecule has 0 aromatic heterocycles. The van der Waals surface area contributed by atoms with Crippen LogP contribution < -0.4 is 10.0 Å². The zero-order valence-corrected chi connectivity index (χ0v) is 13.7. The van der Waals surface area contributed by atoms with Crippen LogP contribution in [0.1, 0.15) is 26.7 Å². The summed E-state index contributed by atoms with van der Waals surface area (Å²) in [6.45, 7) is 8.23. The van der Waals surface area contributed by atoms with Gasteiger partial charge in [-0.15, -0.1) is 0 Å². The first-order valence-corrected chi connectivity index (χ1v) is 8.88. The van der Waals surface area contributed by atoms with E-state index >= 15 is 0 Å². The van der Waals surface area contributed by atoms with Crippen LogP contribution in [0.4, 0.5) is 0 Å². The van der Waals surface area contributed by atoms with Crippen LogP contribution in [0, 0.1) is 11.8 Å². The molecule has 1 rings (SSSR count). The molecule has 2 N–H and O–H groups in total. The van der Waals surface area contributed by atoms with E-state index in [0.29, 0.717) is 32.2 Å². The van der Waals surface area contributed by atoms with Crippen molar-refractivity contribution in [3.05, 3.63) is 0 Å². The topological polar surface area (TPSA) is 70.7 Å². The number of hydrogen-bond donors (Lipinski definition) is 2. The molecule has 20 heavy (non-hydrogen) atoms. The predicted octanol–water partition coefficient (Wildman–Crippen LogP) is 0.425. The van der Waals surface area contributed by atoms with E-state index in [1.165, 1.54) is 0 Å². The zero-order chi connectivity index (χ0) is 15.0. The molecule has 0 aromatic rings. The number of ether oxygens (including phenoxy) is 1. The van der Waals surface area contributed by atoms with Crippen molar-refractivity contribution in [2.45, 2.75) is 26.7 Å². The quantitative estimate of drug-likeness (QED) is 0.648. The average molecular weight is 307 g/mol. The minimum Gasteiger partial charge on any atom is -0.384 e. The fourth-order valence-corrected chi connectivity index (χ4v) is 3.75. The van der Waals surface area contributed by atoms with Crippen molar-refractivity contribution < 1.29 is 13.2 Å². The molecule has 1 aliphatic rings. The van der Waals surface area contributed by atoms with Crippen LogP contribution in [0.15, 0.2) is 0 Å². The molecule has 1 heterocycles. The number of piperidine rings is 1. The maximum Gasteiger partial charge on any atom is 0.279 e. The summed E-state index contributed by atoms with van der Waals surface area (Å²) < 4.78 is 33.6. The third kappa shape index (κ3) is 6.05. The summed E-state index contributed by atoms with van der Waals surface area (Å²) in [5.74, 6) is 0.773. The van der Waals surface area contributed by atoms with Crippen LogP contribution in [0.5, 0.6) is 0 Å². The first-order valence-electron chi connectivity index (χ1n) is 7.44. The molecule has 1 unspecified atom stereocenters. The lowest BCUT2D eigenvalue weighted by atomic mass is 9.98. The second kappa shape index (κ2) is 8.94. The SMILES string of the molecule is CCNCC1CCN(S(=O)(=O)NCC(C)COC)CC1. The van der Waals surface area contributed by atoms with Crippen molar-refractivity contribution >= 4 is 10.2 Å². The normalized spacial score (nSPS) is 20.1. The van der Waals surface area contributed by atoms with Gasteiger partial charge in [-0.25, -0.2) is 4.72 Å². The van der Waals surface area contributed by atoms with Gasteiger partial charge in [0.15, 0.2) is 0 Å². The van der Waals surface area contributed by atoms with Gasteiger partial charge in [-0.2, -0.15) is 12.7 Å². The van der Waals surface area contributed by atoms with E-state index in [4.69, 9.17) is 4.74 Å². The molecule has 1 atom stereocenters. The number of hydrogen-bond acceptors (Lipinski definition) is 4. The standard InChI is InChI=1S/C13H29N3O3S/c1-4-14-10-13-5-7-16(8-6-13)20(17,18)15-9-12(2)11-19-3/h12-15H,4-11H2,1-3H3. The summed E-state index contributed by atoms with van der Waals surface area (Å²) in [4.78, 5) is 0. The summed E-state index contributed by atoms with van der Waals surface area (Å²) in [5.41, 5.74) is 0. The van der Waals surface area contributed by atoms with E-state index < -0.39 is 10.2 Å². The Labute approximate surface area is 123 Å². The number of nitrogens with one attached hydrogen (secondary N) is 2. The lowest BCUT2D eigenvalue weighted by molar-refractivity contribution is 0.160. The predicted molar refractivity (Wildman–Crippen MR) is 80.8 cm³/mol. The Bertz CT molecular complexity index is 354. The molecule has 0 aliphatic carbocycles. The molecule has 120 valence electrons. The minimum absolute atomic E-state index is 0.182. The summed E-state index contributed by atoms with van der Waals surface area (Å²) in [6, 6.07) is 0. The third-order valence-electron chi connectivity index (χ3n) is 3.66. The van der Waals surface area contributed by atoms with Crippen molar-refractivity contribution in [3.63, 3.8) is 0 Å². The smallest absolute Gasteiger partial charge is 0.279 e. The number of rotatable bonds is 9. The lowest BCUT2D eigenvalue weighted by Gasteiger charge is -2.31. The molecule has 0 amide bonds. The van der Waals surface area contributed by atoms with Gasteiger partial charge in [0, 0.05) is 33.4 Å². The molecule has 1 aliphatic heterocycles. The number of nitrogens with zero attached hydrogens (tertiary/aromatic N) is 1. The average Bonchev–Trinajstić information content (AvgIpc) is 2.44. The van der Waals surface area contributed by atoms with Crippen LogP contribution in [-0.2, 0) is 14.9 Å². The van der Waals surface area contributed by atoms with Crippen molar-refractivity contribution in [1.82, 2.24) is 14.3 Å². The van der Waals surface area contributed by atoms with E-state index in [-0.39, 0.29) is 5.92 Å². The Hall–Kier alpha value is -0.210. The van der Waals surface area contributed by atoms with Gasteiger partial charge in [0.2, 0.25) is 0 Å².